The molecule has 2 atom stereocenters. The van der Waals surface area contributed by atoms with Crippen LogP contribution in [-0.4, -0.2) is 17.2 Å². The van der Waals surface area contributed by atoms with Gasteiger partial charge in [0.25, 0.3) is 5.91 Å². The van der Waals surface area contributed by atoms with E-state index < -0.39 is 0 Å². The molecule has 0 aliphatic carbocycles. The van der Waals surface area contributed by atoms with Gasteiger partial charge < -0.3 is 15.3 Å². The number of carbonyl (C=O) groups excluding carboxylic acids is 1. The van der Waals surface area contributed by atoms with Crippen LogP contribution in [0.4, 0.5) is 5.69 Å². The van der Waals surface area contributed by atoms with Crippen LogP contribution in [0.25, 0.3) is 0 Å². The van der Waals surface area contributed by atoms with Crippen molar-refractivity contribution in [3.63, 3.8) is 0 Å². The van der Waals surface area contributed by atoms with E-state index >= 15 is 0 Å². The Kier molecular flexibility index (Phi) is 3.64. The maximum Gasteiger partial charge on any atom is 0.254 e. The van der Waals surface area contributed by atoms with Gasteiger partial charge in [0, 0.05) is 12.5 Å². The number of anilines is 1. The second-order valence-corrected chi connectivity index (χ2v) is 7.20. The van der Waals surface area contributed by atoms with E-state index in [-0.39, 0.29) is 18.0 Å². The van der Waals surface area contributed by atoms with Crippen LogP contribution in [0.2, 0.25) is 0 Å². The van der Waals surface area contributed by atoms with E-state index in [1.165, 1.54) is 11.1 Å². The molecule has 0 saturated carbocycles. The van der Waals surface area contributed by atoms with E-state index in [4.69, 9.17) is 0 Å². The highest BCUT2D eigenvalue weighted by Crippen LogP contribution is 2.41. The Hall–Kier alpha value is -3.27. The lowest BCUT2D eigenvalue weighted by Crippen LogP contribution is -2.57. The van der Waals surface area contributed by atoms with Gasteiger partial charge in [0.15, 0.2) is 0 Å². The average molecular weight is 356 g/mol. The summed E-state index contributed by atoms with van der Waals surface area (Å²) >= 11 is 0. The molecule has 0 radical (unpaired) electrons. The highest BCUT2D eigenvalue weighted by Gasteiger charge is 2.40. The third-order valence-corrected chi connectivity index (χ3v) is 5.68. The highest BCUT2D eigenvalue weighted by atomic mass is 16.3. The number of hydrogen-bond acceptors (Lipinski definition) is 3. The van der Waals surface area contributed by atoms with E-state index in [1.54, 1.807) is 6.07 Å². The van der Waals surface area contributed by atoms with Gasteiger partial charge in [-0.2, -0.15) is 0 Å². The Morgan fingerprint density at radius 3 is 2.59 bits per heavy atom. The summed E-state index contributed by atoms with van der Waals surface area (Å²) in [6.45, 7) is 0.759. The summed E-state index contributed by atoms with van der Waals surface area (Å²) in [6.07, 6.45) is 0.523. The predicted octanol–water partition coefficient (Wildman–Crippen LogP) is 3.81. The molecule has 0 saturated heterocycles. The van der Waals surface area contributed by atoms with Crippen molar-refractivity contribution >= 4 is 11.6 Å². The maximum atomic E-state index is 12.7. The Labute approximate surface area is 158 Å². The normalized spacial score (nSPS) is 20.3. The largest absolute Gasteiger partial charge is 0.508 e. The first-order valence-electron chi connectivity index (χ1n) is 9.23. The molecule has 2 aliphatic rings. The van der Waals surface area contributed by atoms with Gasteiger partial charge in [0.2, 0.25) is 0 Å². The summed E-state index contributed by atoms with van der Waals surface area (Å²) in [5, 5.41) is 13.5. The van der Waals surface area contributed by atoms with E-state index in [0.717, 1.165) is 23.4 Å². The topological polar surface area (TPSA) is 52.6 Å². The summed E-state index contributed by atoms with van der Waals surface area (Å²) < 4.78 is 0. The fraction of sp³-hybridized carbons (Fsp3) is 0.174. The van der Waals surface area contributed by atoms with Crippen LogP contribution in [0, 0.1) is 0 Å². The van der Waals surface area contributed by atoms with Gasteiger partial charge in [0.1, 0.15) is 11.9 Å². The number of benzene rings is 3. The number of hydrogen-bond donors (Lipinski definition) is 2. The minimum absolute atomic E-state index is 0.0338. The van der Waals surface area contributed by atoms with Crippen molar-refractivity contribution in [3.05, 3.63) is 95.1 Å². The molecule has 0 spiro atoms. The van der Waals surface area contributed by atoms with Crippen molar-refractivity contribution in [1.29, 1.82) is 0 Å². The quantitative estimate of drug-likeness (QED) is 0.734. The number of para-hydroxylation sites is 2. The minimum Gasteiger partial charge on any atom is -0.508 e. The van der Waals surface area contributed by atoms with Gasteiger partial charge in [-0.15, -0.1) is 0 Å². The van der Waals surface area contributed by atoms with Gasteiger partial charge in [-0.25, -0.2) is 0 Å². The number of nitrogens with one attached hydrogen (secondary N) is 1. The molecule has 5 rings (SSSR count). The Morgan fingerprint density at radius 2 is 1.70 bits per heavy atom. The van der Waals surface area contributed by atoms with Gasteiger partial charge >= 0.3 is 0 Å². The molecule has 3 aromatic carbocycles. The standard InChI is InChI=1S/C23H20N2O2/c26-21-12-6-2-7-15(21)13-19-17-9-3-1-8-16(17)14-25-20-11-5-4-10-18(20)23(27)24-22(19)25/h1-12,19,22,26H,13-14H2,(H,24,27). The van der Waals surface area contributed by atoms with Crippen molar-refractivity contribution in [2.24, 2.45) is 0 Å². The molecule has 134 valence electrons. The molecule has 2 unspecified atom stereocenters. The Bertz CT molecular complexity index is 1030. The first kappa shape index (κ1) is 15.9. The van der Waals surface area contributed by atoms with Crippen LogP contribution < -0.4 is 10.2 Å². The highest BCUT2D eigenvalue weighted by molar-refractivity contribution is 6.02. The molecular formula is C23H20N2O2. The fourth-order valence-electron chi connectivity index (χ4n) is 4.39. The number of rotatable bonds is 2. The third-order valence-electron chi connectivity index (χ3n) is 5.68. The number of aromatic hydroxyl groups is 1. The summed E-state index contributed by atoms with van der Waals surface area (Å²) in [5.41, 5.74) is 5.09. The lowest BCUT2D eigenvalue weighted by Gasteiger charge is -2.47. The lowest BCUT2D eigenvalue weighted by molar-refractivity contribution is 0.0916. The van der Waals surface area contributed by atoms with E-state index in [9.17, 15) is 9.90 Å². The minimum atomic E-state index is -0.137. The SMILES string of the molecule is O=C1NC2C(Cc3ccccc3O)c3ccccc3CN2c2ccccc21. The van der Waals surface area contributed by atoms with E-state index in [2.05, 4.69) is 28.4 Å². The van der Waals surface area contributed by atoms with Gasteiger partial charge in [0.05, 0.1) is 11.3 Å². The molecule has 0 bridgehead atoms. The van der Waals surface area contributed by atoms with Gasteiger partial charge in [-0.05, 0) is 41.3 Å². The Morgan fingerprint density at radius 1 is 0.963 bits per heavy atom. The molecule has 2 N–H and O–H groups in total. The van der Waals surface area contributed by atoms with Crippen molar-refractivity contribution in [2.75, 3.05) is 4.90 Å². The smallest absolute Gasteiger partial charge is 0.254 e. The number of phenols is 1. The molecule has 27 heavy (non-hydrogen) atoms. The Balaban J connectivity index is 1.63. The van der Waals surface area contributed by atoms with Crippen LogP contribution in [0.15, 0.2) is 72.8 Å². The molecule has 4 nitrogen and oxygen atoms in total. The van der Waals surface area contributed by atoms with E-state index in [1.807, 2.05) is 48.5 Å². The summed E-state index contributed by atoms with van der Waals surface area (Å²) in [7, 11) is 0. The number of amides is 1. The van der Waals surface area contributed by atoms with Gasteiger partial charge in [-0.1, -0.05) is 54.6 Å². The zero-order chi connectivity index (χ0) is 18.4. The van der Waals surface area contributed by atoms with Gasteiger partial charge in [-0.3, -0.25) is 4.79 Å². The molecule has 1 amide bonds. The molecule has 2 aliphatic heterocycles. The first-order chi connectivity index (χ1) is 13.2. The monoisotopic (exact) mass is 356 g/mol. The zero-order valence-electron chi connectivity index (χ0n) is 14.8. The summed E-state index contributed by atoms with van der Waals surface area (Å²) in [4.78, 5) is 15.0. The average Bonchev–Trinajstić information content (AvgIpc) is 2.70. The molecule has 0 aromatic heterocycles. The van der Waals surface area contributed by atoms with Crippen LogP contribution in [-0.2, 0) is 13.0 Å². The lowest BCUT2D eigenvalue weighted by atomic mass is 9.81. The maximum absolute atomic E-state index is 12.7. The second kappa shape index (κ2) is 6.16. The molecular weight excluding hydrogens is 336 g/mol. The van der Waals surface area contributed by atoms with Crippen molar-refractivity contribution < 1.29 is 9.90 Å². The zero-order valence-corrected chi connectivity index (χ0v) is 14.8. The summed E-state index contributed by atoms with van der Waals surface area (Å²) in [5.74, 6) is 0.323. The van der Waals surface area contributed by atoms with E-state index in [0.29, 0.717) is 12.2 Å². The third kappa shape index (κ3) is 2.56. The second-order valence-electron chi connectivity index (χ2n) is 7.20. The number of phenolic OH excluding ortho intramolecular Hbond substituents is 1. The molecule has 4 heteroatoms. The van der Waals surface area contributed by atoms with Crippen molar-refractivity contribution in [1.82, 2.24) is 5.32 Å². The van der Waals surface area contributed by atoms with Crippen molar-refractivity contribution in [3.8, 4) is 5.75 Å². The number of nitrogens with zero attached hydrogens (tertiary/aromatic N) is 1. The number of fused-ring (bicyclic) bond motifs is 4. The first-order valence-corrected chi connectivity index (χ1v) is 9.23. The molecule has 3 aromatic rings. The summed E-state index contributed by atoms with van der Waals surface area (Å²) in [6, 6.07) is 23.6. The number of carbonyl (C=O) groups is 1. The van der Waals surface area contributed by atoms with Crippen LogP contribution >= 0.6 is 0 Å². The predicted molar refractivity (Wildman–Crippen MR) is 105 cm³/mol. The van der Waals surface area contributed by atoms with Crippen molar-refractivity contribution in [2.45, 2.75) is 25.0 Å². The molecule has 0 fully saturated rings. The van der Waals surface area contributed by atoms with Crippen LogP contribution in [0.1, 0.15) is 33.0 Å². The van der Waals surface area contributed by atoms with Crippen LogP contribution in [0.3, 0.4) is 0 Å². The fourth-order valence-corrected chi connectivity index (χ4v) is 4.39. The van der Waals surface area contributed by atoms with Crippen LogP contribution in [0.5, 0.6) is 5.75 Å². The molecule has 2 heterocycles.